The second-order valence-electron chi connectivity index (χ2n) is 5.00. The zero-order valence-corrected chi connectivity index (χ0v) is 12.9. The lowest BCUT2D eigenvalue weighted by Gasteiger charge is -2.22. The Hall–Kier alpha value is -0.710. The zero-order valence-electron chi connectivity index (χ0n) is 10.5. The van der Waals surface area contributed by atoms with E-state index in [1.807, 2.05) is 6.07 Å². The van der Waals surface area contributed by atoms with E-state index in [0.29, 0.717) is 6.04 Å². The first kappa shape index (κ1) is 13.3. The van der Waals surface area contributed by atoms with E-state index in [1.54, 1.807) is 17.4 Å². The number of thiophene rings is 1. The summed E-state index contributed by atoms with van der Waals surface area (Å²) in [5.41, 5.74) is 2.53. The second kappa shape index (κ2) is 5.73. The Kier molecular flexibility index (Phi) is 4.01. The molecule has 0 aliphatic heterocycles. The summed E-state index contributed by atoms with van der Waals surface area (Å²) < 4.78 is 14.0. The summed E-state index contributed by atoms with van der Waals surface area (Å²) in [6, 6.07) is 7.83. The Bertz CT molecular complexity index is 551. The van der Waals surface area contributed by atoms with Crippen LogP contribution in [0.15, 0.2) is 39.5 Å². The third-order valence-electron chi connectivity index (χ3n) is 3.42. The van der Waals surface area contributed by atoms with Crippen molar-refractivity contribution in [3.05, 3.63) is 56.4 Å². The van der Waals surface area contributed by atoms with Gasteiger partial charge in [0.1, 0.15) is 5.82 Å². The van der Waals surface area contributed by atoms with Crippen molar-refractivity contribution < 1.29 is 4.39 Å². The first-order valence-corrected chi connectivity index (χ1v) is 8.15. The molecule has 1 saturated carbocycles. The highest BCUT2D eigenvalue weighted by atomic mass is 79.9. The van der Waals surface area contributed by atoms with Crippen LogP contribution in [0, 0.1) is 5.82 Å². The van der Waals surface area contributed by atoms with Gasteiger partial charge in [-0.25, -0.2) is 4.39 Å². The van der Waals surface area contributed by atoms with Gasteiger partial charge in [-0.3, -0.25) is 4.90 Å². The number of nitrogens with zero attached hydrogens (tertiary/aromatic N) is 1. The van der Waals surface area contributed by atoms with Crippen LogP contribution in [0.25, 0.3) is 0 Å². The lowest BCUT2D eigenvalue weighted by Crippen LogP contribution is -2.25. The normalized spacial score (nSPS) is 15.1. The minimum absolute atomic E-state index is 0.188. The average Bonchev–Trinajstić information content (AvgIpc) is 3.10. The topological polar surface area (TPSA) is 3.24 Å². The molecule has 2 aromatic rings. The van der Waals surface area contributed by atoms with E-state index in [4.69, 9.17) is 0 Å². The fourth-order valence-corrected chi connectivity index (χ4v) is 3.38. The molecule has 1 heterocycles. The van der Waals surface area contributed by atoms with E-state index in [2.05, 4.69) is 37.7 Å². The van der Waals surface area contributed by atoms with Crippen molar-refractivity contribution in [3.63, 3.8) is 0 Å². The molecule has 1 nitrogen and oxygen atoms in total. The van der Waals surface area contributed by atoms with E-state index in [9.17, 15) is 4.39 Å². The fraction of sp³-hybridized carbons (Fsp3) is 0.333. The van der Waals surface area contributed by atoms with Gasteiger partial charge in [-0.05, 0) is 52.9 Å². The van der Waals surface area contributed by atoms with Crippen molar-refractivity contribution >= 4 is 27.3 Å². The van der Waals surface area contributed by atoms with Crippen LogP contribution < -0.4 is 0 Å². The molecular weight excluding hydrogens is 325 g/mol. The van der Waals surface area contributed by atoms with Crippen molar-refractivity contribution in [2.45, 2.75) is 32.0 Å². The molecule has 1 aromatic heterocycles. The SMILES string of the molecule is Fc1ccc(CN(Cc2ccsc2)C2CC2)c(Br)c1. The average molecular weight is 340 g/mol. The van der Waals surface area contributed by atoms with E-state index in [0.717, 1.165) is 23.1 Å². The van der Waals surface area contributed by atoms with Crippen LogP contribution in [0.3, 0.4) is 0 Å². The molecule has 0 bridgehead atoms. The van der Waals surface area contributed by atoms with Gasteiger partial charge in [-0.2, -0.15) is 11.3 Å². The summed E-state index contributed by atoms with van der Waals surface area (Å²) in [5.74, 6) is -0.188. The van der Waals surface area contributed by atoms with Gasteiger partial charge in [0, 0.05) is 23.6 Å². The summed E-state index contributed by atoms with van der Waals surface area (Å²) in [4.78, 5) is 2.49. The molecule has 3 rings (SSSR count). The third-order valence-corrected chi connectivity index (χ3v) is 4.89. The highest BCUT2D eigenvalue weighted by molar-refractivity contribution is 9.10. The van der Waals surface area contributed by atoms with Gasteiger partial charge in [0.2, 0.25) is 0 Å². The maximum Gasteiger partial charge on any atom is 0.124 e. The molecule has 100 valence electrons. The molecule has 4 heteroatoms. The van der Waals surface area contributed by atoms with Crippen LogP contribution in [-0.2, 0) is 13.1 Å². The highest BCUT2D eigenvalue weighted by Gasteiger charge is 2.29. The minimum Gasteiger partial charge on any atom is -0.292 e. The number of hydrogen-bond acceptors (Lipinski definition) is 2. The van der Waals surface area contributed by atoms with Crippen LogP contribution >= 0.6 is 27.3 Å². The summed E-state index contributed by atoms with van der Waals surface area (Å²) in [5, 5.41) is 4.32. The molecule has 1 fully saturated rings. The monoisotopic (exact) mass is 339 g/mol. The lowest BCUT2D eigenvalue weighted by atomic mass is 10.2. The minimum atomic E-state index is -0.188. The maximum absolute atomic E-state index is 13.1. The van der Waals surface area contributed by atoms with Gasteiger partial charge in [0.05, 0.1) is 0 Å². The molecule has 0 N–H and O–H groups in total. The Morgan fingerprint density at radius 2 is 2.11 bits per heavy atom. The molecule has 0 unspecified atom stereocenters. The van der Waals surface area contributed by atoms with Gasteiger partial charge < -0.3 is 0 Å². The molecule has 1 aliphatic rings. The van der Waals surface area contributed by atoms with Gasteiger partial charge in [0.25, 0.3) is 0 Å². The maximum atomic E-state index is 13.1. The molecular formula is C15H15BrFNS. The first-order chi connectivity index (χ1) is 9.22. The Morgan fingerprint density at radius 3 is 2.74 bits per heavy atom. The predicted octanol–water partition coefficient (Wildman–Crippen LogP) is 4.81. The van der Waals surface area contributed by atoms with E-state index in [-0.39, 0.29) is 5.82 Å². The second-order valence-corrected chi connectivity index (χ2v) is 6.64. The quantitative estimate of drug-likeness (QED) is 0.755. The molecule has 19 heavy (non-hydrogen) atoms. The molecule has 0 spiro atoms. The molecule has 0 amide bonds. The predicted molar refractivity (Wildman–Crippen MR) is 80.7 cm³/mol. The standard InChI is InChI=1S/C15H15BrFNS/c16-15-7-13(17)2-1-12(15)9-18(14-3-4-14)8-11-5-6-19-10-11/h1-2,5-7,10,14H,3-4,8-9H2. The lowest BCUT2D eigenvalue weighted by molar-refractivity contribution is 0.245. The first-order valence-electron chi connectivity index (χ1n) is 6.41. The number of halogens is 2. The summed E-state index contributed by atoms with van der Waals surface area (Å²) >= 11 is 5.20. The number of hydrogen-bond donors (Lipinski definition) is 0. The van der Waals surface area contributed by atoms with E-state index in [1.165, 1.54) is 24.5 Å². The zero-order chi connectivity index (χ0) is 13.2. The number of benzene rings is 1. The Morgan fingerprint density at radius 1 is 1.26 bits per heavy atom. The van der Waals surface area contributed by atoms with Crippen molar-refractivity contribution in [2.75, 3.05) is 0 Å². The van der Waals surface area contributed by atoms with Crippen LogP contribution in [0.5, 0.6) is 0 Å². The van der Waals surface area contributed by atoms with Crippen LogP contribution in [-0.4, -0.2) is 10.9 Å². The van der Waals surface area contributed by atoms with Gasteiger partial charge >= 0.3 is 0 Å². The molecule has 0 radical (unpaired) electrons. The van der Waals surface area contributed by atoms with Gasteiger partial charge in [-0.15, -0.1) is 0 Å². The summed E-state index contributed by atoms with van der Waals surface area (Å²) in [7, 11) is 0. The van der Waals surface area contributed by atoms with E-state index >= 15 is 0 Å². The smallest absolute Gasteiger partial charge is 0.124 e. The third kappa shape index (κ3) is 3.44. The highest BCUT2D eigenvalue weighted by Crippen LogP contribution is 2.31. The Balaban J connectivity index is 1.74. The molecule has 1 aromatic carbocycles. The fourth-order valence-electron chi connectivity index (χ4n) is 2.24. The Labute approximate surface area is 125 Å². The van der Waals surface area contributed by atoms with E-state index < -0.39 is 0 Å². The number of rotatable bonds is 5. The molecule has 0 atom stereocenters. The van der Waals surface area contributed by atoms with Gasteiger partial charge in [0.15, 0.2) is 0 Å². The van der Waals surface area contributed by atoms with Crippen molar-refractivity contribution in [3.8, 4) is 0 Å². The van der Waals surface area contributed by atoms with Crippen molar-refractivity contribution in [2.24, 2.45) is 0 Å². The van der Waals surface area contributed by atoms with Crippen LogP contribution in [0.1, 0.15) is 24.0 Å². The van der Waals surface area contributed by atoms with Crippen LogP contribution in [0.4, 0.5) is 4.39 Å². The van der Waals surface area contributed by atoms with Gasteiger partial charge in [-0.1, -0.05) is 22.0 Å². The molecule has 0 saturated heterocycles. The molecule has 1 aliphatic carbocycles. The van der Waals surface area contributed by atoms with Crippen molar-refractivity contribution in [1.82, 2.24) is 4.90 Å². The van der Waals surface area contributed by atoms with Crippen LogP contribution in [0.2, 0.25) is 0 Å². The summed E-state index contributed by atoms with van der Waals surface area (Å²) in [6.07, 6.45) is 2.56. The summed E-state index contributed by atoms with van der Waals surface area (Å²) in [6.45, 7) is 1.86. The van der Waals surface area contributed by atoms with Crippen molar-refractivity contribution in [1.29, 1.82) is 0 Å². The largest absolute Gasteiger partial charge is 0.292 e.